The van der Waals surface area contributed by atoms with Gasteiger partial charge in [-0.3, -0.25) is 9.59 Å². The minimum atomic E-state index is -0.391. The number of carbonyl (C=O) groups excluding carboxylic acids is 2. The summed E-state index contributed by atoms with van der Waals surface area (Å²) in [6.07, 6.45) is 1.17. The number of nitrogens with two attached hydrogens (primary N) is 1. The summed E-state index contributed by atoms with van der Waals surface area (Å²) in [4.78, 5) is 23.2. The third-order valence-electron chi connectivity index (χ3n) is 1.97. The van der Waals surface area contributed by atoms with Gasteiger partial charge in [-0.2, -0.15) is 0 Å². The van der Waals surface area contributed by atoms with Gasteiger partial charge in [0.2, 0.25) is 11.8 Å². The van der Waals surface area contributed by atoms with Crippen molar-refractivity contribution in [1.29, 1.82) is 0 Å². The highest BCUT2D eigenvalue weighted by Crippen LogP contribution is 2.17. The molecule has 2 N–H and O–H groups in total. The Morgan fingerprint density at radius 2 is 2.27 bits per heavy atom. The minimum absolute atomic E-state index is 0.0139. The second-order valence-electron chi connectivity index (χ2n) is 2.65. The molecule has 4 nitrogen and oxygen atoms in total. The molecule has 1 saturated heterocycles. The van der Waals surface area contributed by atoms with Gasteiger partial charge in [0.1, 0.15) is 6.04 Å². The Hall–Kier alpha value is -1.06. The molecular weight excluding hydrogens is 144 g/mol. The highest BCUT2D eigenvalue weighted by Gasteiger charge is 2.34. The van der Waals surface area contributed by atoms with E-state index in [2.05, 4.69) is 0 Å². The van der Waals surface area contributed by atoms with Crippen LogP contribution in [-0.4, -0.2) is 29.3 Å². The normalized spacial score (nSPS) is 22.6. The molecule has 0 bridgehead atoms. The van der Waals surface area contributed by atoms with E-state index in [-0.39, 0.29) is 11.9 Å². The van der Waals surface area contributed by atoms with Gasteiger partial charge in [0.05, 0.1) is 0 Å². The Bertz CT molecular complexity index is 191. The van der Waals surface area contributed by atoms with Gasteiger partial charge >= 0.3 is 0 Å². The van der Waals surface area contributed by atoms with Gasteiger partial charge in [-0.15, -0.1) is 0 Å². The number of hydrogen-bond acceptors (Lipinski definition) is 2. The van der Waals surface area contributed by atoms with E-state index in [0.29, 0.717) is 13.0 Å². The molecule has 2 amide bonds. The van der Waals surface area contributed by atoms with Crippen molar-refractivity contribution >= 4 is 11.8 Å². The van der Waals surface area contributed by atoms with E-state index in [1.54, 1.807) is 6.92 Å². The number of primary amides is 1. The number of hydrogen-bond donors (Lipinski definition) is 1. The van der Waals surface area contributed by atoms with Crippen LogP contribution in [0.5, 0.6) is 0 Å². The summed E-state index contributed by atoms with van der Waals surface area (Å²) in [5.74, 6) is -0.377. The molecule has 62 valence electrons. The SMILES string of the molecule is CCC(=O)N1CCC1C(N)=O. The molecule has 4 heteroatoms. The first-order valence-electron chi connectivity index (χ1n) is 3.75. The molecule has 1 aliphatic heterocycles. The molecular formula is C7H12N2O2. The average Bonchev–Trinajstić information content (AvgIpc) is 1.83. The van der Waals surface area contributed by atoms with Crippen LogP contribution in [0.3, 0.4) is 0 Å². The molecule has 0 spiro atoms. The summed E-state index contributed by atoms with van der Waals surface area (Å²) >= 11 is 0. The van der Waals surface area contributed by atoms with Crippen LogP contribution < -0.4 is 5.73 Å². The van der Waals surface area contributed by atoms with Crippen molar-refractivity contribution in [2.75, 3.05) is 6.54 Å². The van der Waals surface area contributed by atoms with Gasteiger partial charge in [0.15, 0.2) is 0 Å². The molecule has 1 heterocycles. The van der Waals surface area contributed by atoms with Crippen LogP contribution in [0.2, 0.25) is 0 Å². The van der Waals surface area contributed by atoms with Crippen LogP contribution in [-0.2, 0) is 9.59 Å². The lowest BCUT2D eigenvalue weighted by molar-refractivity contribution is -0.145. The number of carbonyl (C=O) groups is 2. The number of likely N-dealkylation sites (tertiary alicyclic amines) is 1. The standard InChI is InChI=1S/C7H12N2O2/c1-2-6(10)9-4-3-5(9)7(8)11/h5H,2-4H2,1H3,(H2,8,11). The maximum absolute atomic E-state index is 11.0. The van der Waals surface area contributed by atoms with Gasteiger partial charge in [-0.05, 0) is 6.42 Å². The van der Waals surface area contributed by atoms with Crippen molar-refractivity contribution in [3.63, 3.8) is 0 Å². The monoisotopic (exact) mass is 156 g/mol. The molecule has 0 radical (unpaired) electrons. The smallest absolute Gasteiger partial charge is 0.240 e. The lowest BCUT2D eigenvalue weighted by atomic mass is 10.0. The van der Waals surface area contributed by atoms with Gasteiger partial charge in [-0.1, -0.05) is 6.92 Å². The summed E-state index contributed by atoms with van der Waals surface area (Å²) in [6.45, 7) is 2.46. The molecule has 0 saturated carbocycles. The number of nitrogens with zero attached hydrogens (tertiary/aromatic N) is 1. The van der Waals surface area contributed by atoms with Crippen molar-refractivity contribution in [3.8, 4) is 0 Å². The van der Waals surface area contributed by atoms with E-state index in [1.807, 2.05) is 0 Å². The molecule has 0 aliphatic carbocycles. The Labute approximate surface area is 65.3 Å². The van der Waals surface area contributed by atoms with Crippen molar-refractivity contribution in [1.82, 2.24) is 4.90 Å². The molecule has 1 fully saturated rings. The fraction of sp³-hybridized carbons (Fsp3) is 0.714. The topological polar surface area (TPSA) is 63.4 Å². The zero-order chi connectivity index (χ0) is 8.43. The maximum atomic E-state index is 11.0. The van der Waals surface area contributed by atoms with Gasteiger partial charge in [0.25, 0.3) is 0 Å². The Morgan fingerprint density at radius 1 is 1.64 bits per heavy atom. The van der Waals surface area contributed by atoms with Gasteiger partial charge in [-0.25, -0.2) is 0 Å². The second kappa shape index (κ2) is 2.90. The zero-order valence-corrected chi connectivity index (χ0v) is 6.54. The Kier molecular flexibility index (Phi) is 2.12. The average molecular weight is 156 g/mol. The molecule has 0 aromatic carbocycles. The highest BCUT2D eigenvalue weighted by atomic mass is 16.2. The molecule has 0 aromatic heterocycles. The van der Waals surface area contributed by atoms with Gasteiger partial charge in [0, 0.05) is 13.0 Å². The van der Waals surface area contributed by atoms with Crippen molar-refractivity contribution in [2.45, 2.75) is 25.8 Å². The van der Waals surface area contributed by atoms with E-state index in [4.69, 9.17) is 5.73 Å². The molecule has 11 heavy (non-hydrogen) atoms. The Balaban J connectivity index is 2.49. The maximum Gasteiger partial charge on any atom is 0.240 e. The first-order chi connectivity index (χ1) is 5.16. The van der Waals surface area contributed by atoms with Crippen LogP contribution in [0, 0.1) is 0 Å². The largest absolute Gasteiger partial charge is 0.368 e. The summed E-state index contributed by atoms with van der Waals surface area (Å²) in [5.41, 5.74) is 5.05. The predicted octanol–water partition coefficient (Wildman–Crippen LogP) is -0.517. The molecule has 1 rings (SSSR count). The summed E-state index contributed by atoms with van der Waals surface area (Å²) in [6, 6.07) is -0.331. The first kappa shape index (κ1) is 8.04. The predicted molar refractivity (Wildman–Crippen MR) is 39.6 cm³/mol. The van der Waals surface area contributed by atoms with E-state index in [9.17, 15) is 9.59 Å². The zero-order valence-electron chi connectivity index (χ0n) is 6.54. The number of rotatable bonds is 2. The van der Waals surface area contributed by atoms with Crippen LogP contribution in [0.25, 0.3) is 0 Å². The van der Waals surface area contributed by atoms with Crippen LogP contribution in [0.15, 0.2) is 0 Å². The lowest BCUT2D eigenvalue weighted by Crippen LogP contribution is -2.57. The molecule has 1 atom stereocenters. The van der Waals surface area contributed by atoms with Crippen molar-refractivity contribution < 1.29 is 9.59 Å². The first-order valence-corrected chi connectivity index (χ1v) is 3.75. The fourth-order valence-electron chi connectivity index (χ4n) is 1.18. The van der Waals surface area contributed by atoms with Crippen LogP contribution in [0.4, 0.5) is 0 Å². The minimum Gasteiger partial charge on any atom is -0.368 e. The van der Waals surface area contributed by atoms with E-state index < -0.39 is 5.91 Å². The van der Waals surface area contributed by atoms with Crippen LogP contribution in [0.1, 0.15) is 19.8 Å². The van der Waals surface area contributed by atoms with E-state index in [0.717, 1.165) is 6.42 Å². The second-order valence-corrected chi connectivity index (χ2v) is 2.65. The Morgan fingerprint density at radius 3 is 2.55 bits per heavy atom. The summed E-state index contributed by atoms with van der Waals surface area (Å²) < 4.78 is 0. The third-order valence-corrected chi connectivity index (χ3v) is 1.97. The molecule has 1 unspecified atom stereocenters. The van der Waals surface area contributed by atoms with E-state index >= 15 is 0 Å². The van der Waals surface area contributed by atoms with Gasteiger partial charge < -0.3 is 10.6 Å². The number of amides is 2. The van der Waals surface area contributed by atoms with E-state index in [1.165, 1.54) is 4.90 Å². The summed E-state index contributed by atoms with van der Waals surface area (Å²) in [7, 11) is 0. The highest BCUT2D eigenvalue weighted by molar-refractivity contribution is 5.88. The lowest BCUT2D eigenvalue weighted by Gasteiger charge is -2.38. The fourth-order valence-corrected chi connectivity index (χ4v) is 1.18. The quantitative estimate of drug-likeness (QED) is 0.584. The third kappa shape index (κ3) is 1.34. The summed E-state index contributed by atoms with van der Waals surface area (Å²) in [5, 5.41) is 0. The molecule has 0 aromatic rings. The van der Waals surface area contributed by atoms with Crippen molar-refractivity contribution in [3.05, 3.63) is 0 Å². The van der Waals surface area contributed by atoms with Crippen molar-refractivity contribution in [2.24, 2.45) is 5.73 Å². The van der Waals surface area contributed by atoms with Crippen LogP contribution >= 0.6 is 0 Å². The molecule has 1 aliphatic rings.